The minimum Gasteiger partial charge on any atom is -0.368 e. The summed E-state index contributed by atoms with van der Waals surface area (Å²) in [4.78, 5) is 28.4. The molecule has 0 spiro atoms. The number of aryl methyl sites for hydroxylation is 1. The van der Waals surface area contributed by atoms with E-state index >= 15 is 0 Å². The van der Waals surface area contributed by atoms with Gasteiger partial charge < -0.3 is 11.1 Å². The molecule has 3 N–H and O–H groups in total. The van der Waals surface area contributed by atoms with Gasteiger partial charge in [0.05, 0.1) is 6.54 Å². The molecule has 1 fully saturated rings. The summed E-state index contributed by atoms with van der Waals surface area (Å²) in [5.41, 5.74) is 8.53. The van der Waals surface area contributed by atoms with E-state index in [0.29, 0.717) is 19.6 Å². The maximum atomic E-state index is 12.3. The number of nitrogens with one attached hydrogen (secondary N) is 1. The topological polar surface area (TPSA) is 78.7 Å². The third-order valence-corrected chi connectivity index (χ3v) is 4.86. The molecular formula is C21H26N4O2. The van der Waals surface area contributed by atoms with Gasteiger partial charge in [-0.15, -0.1) is 0 Å². The summed E-state index contributed by atoms with van der Waals surface area (Å²) >= 11 is 0. The molecule has 142 valence electrons. The molecule has 1 aliphatic rings. The molecule has 1 heterocycles. The molecule has 0 radical (unpaired) electrons. The Hall–Kier alpha value is -2.70. The molecular weight excluding hydrogens is 340 g/mol. The summed E-state index contributed by atoms with van der Waals surface area (Å²) < 4.78 is 0. The molecule has 0 bridgehead atoms. The number of piperazine rings is 1. The SMILES string of the molecule is Cc1ccc(NC(=O)CN2CCN(C(C(N)=O)c3ccccc3)CC2)cc1. The molecule has 6 heteroatoms. The molecule has 1 saturated heterocycles. The Morgan fingerprint density at radius 2 is 1.63 bits per heavy atom. The highest BCUT2D eigenvalue weighted by Crippen LogP contribution is 2.21. The van der Waals surface area contributed by atoms with E-state index in [-0.39, 0.29) is 11.8 Å². The van der Waals surface area contributed by atoms with E-state index in [1.54, 1.807) is 0 Å². The number of rotatable bonds is 6. The highest BCUT2D eigenvalue weighted by atomic mass is 16.2. The molecule has 3 rings (SSSR count). The van der Waals surface area contributed by atoms with Crippen LogP contribution in [0, 0.1) is 6.92 Å². The molecule has 0 saturated carbocycles. The van der Waals surface area contributed by atoms with Crippen LogP contribution in [-0.2, 0) is 9.59 Å². The first-order valence-electron chi connectivity index (χ1n) is 9.20. The summed E-state index contributed by atoms with van der Waals surface area (Å²) in [6.45, 7) is 5.19. The summed E-state index contributed by atoms with van der Waals surface area (Å²) in [5.74, 6) is -0.367. The normalized spacial score (nSPS) is 16.6. The van der Waals surface area contributed by atoms with Crippen molar-refractivity contribution in [2.45, 2.75) is 13.0 Å². The van der Waals surface area contributed by atoms with Gasteiger partial charge in [-0.1, -0.05) is 48.0 Å². The number of carbonyl (C=O) groups excluding carboxylic acids is 2. The van der Waals surface area contributed by atoms with E-state index < -0.39 is 6.04 Å². The Labute approximate surface area is 159 Å². The predicted molar refractivity (Wildman–Crippen MR) is 106 cm³/mol. The Balaban J connectivity index is 1.52. The lowest BCUT2D eigenvalue weighted by molar-refractivity contribution is -0.125. The Bertz CT molecular complexity index is 769. The minimum absolute atomic E-state index is 0.0261. The number of nitrogens with two attached hydrogens (primary N) is 1. The van der Waals surface area contributed by atoms with Gasteiger partial charge in [-0.25, -0.2) is 0 Å². The van der Waals surface area contributed by atoms with Gasteiger partial charge in [0.2, 0.25) is 11.8 Å². The fourth-order valence-corrected chi connectivity index (χ4v) is 3.41. The fraction of sp³-hybridized carbons (Fsp3) is 0.333. The number of carbonyl (C=O) groups is 2. The highest BCUT2D eigenvalue weighted by Gasteiger charge is 2.29. The molecule has 2 amide bonds. The lowest BCUT2D eigenvalue weighted by Gasteiger charge is -2.38. The number of nitrogens with zero attached hydrogens (tertiary/aromatic N) is 2. The zero-order valence-electron chi connectivity index (χ0n) is 15.6. The third-order valence-electron chi connectivity index (χ3n) is 4.86. The van der Waals surface area contributed by atoms with Crippen molar-refractivity contribution >= 4 is 17.5 Å². The summed E-state index contributed by atoms with van der Waals surface area (Å²) in [6.07, 6.45) is 0. The van der Waals surface area contributed by atoms with E-state index in [4.69, 9.17) is 5.73 Å². The van der Waals surface area contributed by atoms with E-state index in [0.717, 1.165) is 29.9 Å². The maximum Gasteiger partial charge on any atom is 0.239 e. The molecule has 1 aliphatic heterocycles. The number of amides is 2. The first-order valence-corrected chi connectivity index (χ1v) is 9.20. The lowest BCUT2D eigenvalue weighted by Crippen LogP contribution is -2.51. The van der Waals surface area contributed by atoms with Crippen molar-refractivity contribution < 1.29 is 9.59 Å². The first kappa shape index (κ1) is 19.1. The molecule has 6 nitrogen and oxygen atoms in total. The average molecular weight is 366 g/mol. The van der Waals surface area contributed by atoms with Gasteiger partial charge in [-0.2, -0.15) is 0 Å². The summed E-state index contributed by atoms with van der Waals surface area (Å²) in [6, 6.07) is 16.9. The number of anilines is 1. The van der Waals surface area contributed by atoms with Crippen LogP contribution in [-0.4, -0.2) is 54.3 Å². The van der Waals surface area contributed by atoms with Gasteiger partial charge in [0.1, 0.15) is 6.04 Å². The van der Waals surface area contributed by atoms with Gasteiger partial charge in [-0.05, 0) is 24.6 Å². The van der Waals surface area contributed by atoms with Crippen LogP contribution < -0.4 is 11.1 Å². The van der Waals surface area contributed by atoms with Crippen LogP contribution in [0.5, 0.6) is 0 Å². The van der Waals surface area contributed by atoms with Crippen molar-refractivity contribution in [3.8, 4) is 0 Å². The van der Waals surface area contributed by atoms with Crippen LogP contribution in [0.2, 0.25) is 0 Å². The van der Waals surface area contributed by atoms with Crippen LogP contribution in [0.15, 0.2) is 54.6 Å². The van der Waals surface area contributed by atoms with Crippen LogP contribution in [0.4, 0.5) is 5.69 Å². The molecule has 0 aliphatic carbocycles. The summed E-state index contributed by atoms with van der Waals surface area (Å²) in [5, 5.41) is 2.93. The van der Waals surface area contributed by atoms with Gasteiger partial charge in [0.15, 0.2) is 0 Å². The van der Waals surface area contributed by atoms with Crippen molar-refractivity contribution in [1.82, 2.24) is 9.80 Å². The largest absolute Gasteiger partial charge is 0.368 e. The zero-order chi connectivity index (χ0) is 19.2. The maximum absolute atomic E-state index is 12.3. The standard InChI is InChI=1S/C21H26N4O2/c1-16-7-9-18(10-8-16)23-19(26)15-24-11-13-25(14-12-24)20(21(22)27)17-5-3-2-4-6-17/h2-10,20H,11-15H2,1H3,(H2,22,27)(H,23,26). The Morgan fingerprint density at radius 1 is 1.00 bits per heavy atom. The van der Waals surface area contributed by atoms with Crippen LogP contribution in [0.1, 0.15) is 17.2 Å². The number of hydrogen-bond donors (Lipinski definition) is 2. The zero-order valence-corrected chi connectivity index (χ0v) is 15.6. The van der Waals surface area contributed by atoms with Crippen molar-refractivity contribution in [1.29, 1.82) is 0 Å². The van der Waals surface area contributed by atoms with E-state index in [1.807, 2.05) is 61.5 Å². The molecule has 1 atom stereocenters. The van der Waals surface area contributed by atoms with Crippen molar-refractivity contribution in [2.75, 3.05) is 38.0 Å². The van der Waals surface area contributed by atoms with Crippen molar-refractivity contribution in [3.63, 3.8) is 0 Å². The monoisotopic (exact) mass is 366 g/mol. The fourth-order valence-electron chi connectivity index (χ4n) is 3.41. The van der Waals surface area contributed by atoms with E-state index in [2.05, 4.69) is 15.1 Å². The van der Waals surface area contributed by atoms with E-state index in [1.165, 1.54) is 0 Å². The van der Waals surface area contributed by atoms with Gasteiger partial charge in [-0.3, -0.25) is 19.4 Å². The van der Waals surface area contributed by atoms with E-state index in [9.17, 15) is 9.59 Å². The second-order valence-electron chi connectivity index (χ2n) is 6.94. The Morgan fingerprint density at radius 3 is 2.22 bits per heavy atom. The molecule has 2 aromatic rings. The van der Waals surface area contributed by atoms with Crippen LogP contribution in [0.3, 0.4) is 0 Å². The molecule has 2 aromatic carbocycles. The quantitative estimate of drug-likeness (QED) is 0.817. The third kappa shape index (κ3) is 5.15. The van der Waals surface area contributed by atoms with Crippen LogP contribution >= 0.6 is 0 Å². The summed E-state index contributed by atoms with van der Waals surface area (Å²) in [7, 11) is 0. The lowest BCUT2D eigenvalue weighted by atomic mass is 10.0. The Kier molecular flexibility index (Phi) is 6.21. The number of primary amides is 1. The van der Waals surface area contributed by atoms with Gasteiger partial charge in [0.25, 0.3) is 0 Å². The van der Waals surface area contributed by atoms with Gasteiger partial charge in [0, 0.05) is 31.9 Å². The highest BCUT2D eigenvalue weighted by molar-refractivity contribution is 5.92. The van der Waals surface area contributed by atoms with Gasteiger partial charge >= 0.3 is 0 Å². The first-order chi connectivity index (χ1) is 13.0. The molecule has 0 aromatic heterocycles. The smallest absolute Gasteiger partial charge is 0.239 e. The number of hydrogen-bond acceptors (Lipinski definition) is 4. The second kappa shape index (κ2) is 8.79. The van der Waals surface area contributed by atoms with Crippen molar-refractivity contribution in [2.24, 2.45) is 5.73 Å². The van der Waals surface area contributed by atoms with Crippen molar-refractivity contribution in [3.05, 3.63) is 65.7 Å². The molecule has 27 heavy (non-hydrogen) atoms. The number of benzene rings is 2. The average Bonchev–Trinajstić information content (AvgIpc) is 2.66. The molecule has 1 unspecified atom stereocenters. The minimum atomic E-state index is -0.422. The predicted octanol–water partition coefficient (Wildman–Crippen LogP) is 1.78. The van der Waals surface area contributed by atoms with Crippen LogP contribution in [0.25, 0.3) is 0 Å². The second-order valence-corrected chi connectivity index (χ2v) is 6.94.